The van der Waals surface area contributed by atoms with Crippen molar-refractivity contribution < 1.29 is 13.2 Å². The number of hydrogen-bond donors (Lipinski definition) is 1. The number of nitrogens with zero attached hydrogens (tertiary/aromatic N) is 5. The number of nitrogens with one attached hydrogen (secondary N) is 1. The Bertz CT molecular complexity index is 1450. The van der Waals surface area contributed by atoms with Gasteiger partial charge in [0.15, 0.2) is 5.78 Å². The maximum absolute atomic E-state index is 13.1. The molecule has 1 N–H and O–H groups in total. The molecule has 1 saturated heterocycles. The second kappa shape index (κ2) is 10.1. The third kappa shape index (κ3) is 4.68. The van der Waals surface area contributed by atoms with Crippen LogP contribution in [0.1, 0.15) is 41.6 Å². The Kier molecular flexibility index (Phi) is 6.63. The van der Waals surface area contributed by atoms with E-state index in [0.29, 0.717) is 24.7 Å². The van der Waals surface area contributed by atoms with E-state index < -0.39 is 10.0 Å². The minimum Gasteiger partial charge on any atom is -0.324 e. The first-order valence-corrected chi connectivity index (χ1v) is 14.7. The molecule has 2 fully saturated rings. The van der Waals surface area contributed by atoms with Crippen molar-refractivity contribution in [1.82, 2.24) is 19.2 Å². The Labute approximate surface area is 223 Å². The number of para-hydroxylation sites is 1. The van der Waals surface area contributed by atoms with Crippen LogP contribution in [0.3, 0.4) is 0 Å². The summed E-state index contributed by atoms with van der Waals surface area (Å²) in [6.45, 7) is 2.43. The number of hydrogen-bond acceptors (Lipinski definition) is 8. The maximum Gasteiger partial charge on any atom is 0.243 e. The van der Waals surface area contributed by atoms with Crippen LogP contribution in [-0.4, -0.2) is 72.6 Å². The molecule has 0 spiro atoms. The number of benzene rings is 2. The molecule has 1 saturated carbocycles. The summed E-state index contributed by atoms with van der Waals surface area (Å²) < 4.78 is 27.7. The molecule has 3 heterocycles. The number of sulfonamides is 1. The number of fused-ring (bicyclic) bond motifs is 2. The minimum absolute atomic E-state index is 0.0730. The van der Waals surface area contributed by atoms with Gasteiger partial charge in [-0.15, -0.1) is 0 Å². The van der Waals surface area contributed by atoms with Gasteiger partial charge in [-0.3, -0.25) is 4.79 Å². The first-order chi connectivity index (χ1) is 18.4. The van der Waals surface area contributed by atoms with Gasteiger partial charge in [0.1, 0.15) is 5.82 Å². The summed E-state index contributed by atoms with van der Waals surface area (Å²) >= 11 is 0. The van der Waals surface area contributed by atoms with Gasteiger partial charge in [0.2, 0.25) is 16.0 Å². The zero-order chi connectivity index (χ0) is 26.3. The minimum atomic E-state index is -3.53. The smallest absolute Gasteiger partial charge is 0.243 e. The average Bonchev–Trinajstić information content (AvgIpc) is 3.42. The lowest BCUT2D eigenvalue weighted by Crippen LogP contribution is -2.46. The molecule has 3 aliphatic rings. The number of likely N-dealkylation sites (N-methyl/N-ethyl adjacent to an activating group) is 1. The Balaban J connectivity index is 1.28. The Morgan fingerprint density at radius 2 is 1.66 bits per heavy atom. The fourth-order valence-corrected chi connectivity index (χ4v) is 7.06. The third-order valence-electron chi connectivity index (χ3n) is 7.79. The van der Waals surface area contributed by atoms with Crippen LogP contribution in [0.4, 0.5) is 23.1 Å². The lowest BCUT2D eigenvalue weighted by atomic mass is 10.0. The Morgan fingerprint density at radius 1 is 0.947 bits per heavy atom. The zero-order valence-corrected chi connectivity index (χ0v) is 22.3. The molecule has 2 aliphatic heterocycles. The lowest BCUT2D eigenvalue weighted by Gasteiger charge is -2.31. The molecular formula is C28H32N6O3S. The molecule has 0 radical (unpaired) electrons. The van der Waals surface area contributed by atoms with Gasteiger partial charge in [-0.1, -0.05) is 25.0 Å². The summed E-state index contributed by atoms with van der Waals surface area (Å²) in [5, 5.41) is 3.24. The van der Waals surface area contributed by atoms with E-state index in [2.05, 4.69) is 20.1 Å². The van der Waals surface area contributed by atoms with Crippen molar-refractivity contribution in [3.63, 3.8) is 0 Å². The standard InChI is InChI=1S/C28H32N6O3S/c1-32-14-16-33(17-15-32)38(36,37)23-12-10-21(11-13-23)30-28-29-19-20-18-26(35)24-8-4-5-9-25(24)34(27(20)31-28)22-6-2-3-7-22/h4-5,8-13,19,22H,2-3,6-7,14-18H2,1H3,(H,29,30,31). The Hall–Kier alpha value is -3.34. The van der Waals surface area contributed by atoms with E-state index in [-0.39, 0.29) is 23.1 Å². The summed E-state index contributed by atoms with van der Waals surface area (Å²) in [4.78, 5) is 27.1. The second-order valence-electron chi connectivity index (χ2n) is 10.3. The first-order valence-electron chi connectivity index (χ1n) is 13.2. The molecule has 0 atom stereocenters. The molecule has 198 valence electrons. The number of aromatic nitrogens is 2. The van der Waals surface area contributed by atoms with Gasteiger partial charge in [-0.2, -0.15) is 9.29 Å². The third-order valence-corrected chi connectivity index (χ3v) is 9.70. The van der Waals surface area contributed by atoms with Crippen LogP contribution < -0.4 is 10.2 Å². The highest BCUT2D eigenvalue weighted by Gasteiger charge is 2.33. The van der Waals surface area contributed by atoms with Gasteiger partial charge in [0.25, 0.3) is 0 Å². The summed E-state index contributed by atoms with van der Waals surface area (Å²) in [6.07, 6.45) is 6.42. The van der Waals surface area contributed by atoms with Crippen molar-refractivity contribution in [3.8, 4) is 0 Å². The number of rotatable bonds is 5. The largest absolute Gasteiger partial charge is 0.324 e. The zero-order valence-electron chi connectivity index (χ0n) is 21.5. The van der Waals surface area contributed by atoms with Gasteiger partial charge in [-0.05, 0) is 56.3 Å². The lowest BCUT2D eigenvalue weighted by molar-refractivity contribution is 0.0994. The van der Waals surface area contributed by atoms with Crippen molar-refractivity contribution in [3.05, 3.63) is 65.9 Å². The van der Waals surface area contributed by atoms with Crippen molar-refractivity contribution in [2.45, 2.75) is 43.0 Å². The monoisotopic (exact) mass is 532 g/mol. The van der Waals surface area contributed by atoms with E-state index in [1.807, 2.05) is 31.3 Å². The highest BCUT2D eigenvalue weighted by Crippen LogP contribution is 2.40. The molecule has 1 aromatic heterocycles. The van der Waals surface area contributed by atoms with E-state index in [0.717, 1.165) is 61.4 Å². The molecule has 10 heteroatoms. The number of piperazine rings is 1. The summed E-state index contributed by atoms with van der Waals surface area (Å²) in [7, 11) is -1.53. The molecule has 3 aromatic rings. The van der Waals surface area contributed by atoms with Gasteiger partial charge in [0.05, 0.1) is 10.6 Å². The average molecular weight is 533 g/mol. The highest BCUT2D eigenvalue weighted by molar-refractivity contribution is 7.89. The normalized spacial score (nSPS) is 19.2. The number of ketones is 1. The second-order valence-corrected chi connectivity index (χ2v) is 12.3. The first kappa shape index (κ1) is 25.0. The molecule has 1 aliphatic carbocycles. The molecule has 2 aromatic carbocycles. The topological polar surface area (TPSA) is 98.7 Å². The number of Topliss-reactive ketones (excluding diaryl/α,β-unsaturated/α-hetero) is 1. The predicted molar refractivity (Wildman–Crippen MR) is 147 cm³/mol. The van der Waals surface area contributed by atoms with E-state index >= 15 is 0 Å². The number of carbonyl (C=O) groups is 1. The van der Waals surface area contributed by atoms with Crippen LogP contribution >= 0.6 is 0 Å². The van der Waals surface area contributed by atoms with E-state index in [1.165, 1.54) is 0 Å². The molecule has 0 unspecified atom stereocenters. The van der Waals surface area contributed by atoms with Crippen LogP contribution in [-0.2, 0) is 16.4 Å². The van der Waals surface area contributed by atoms with Crippen molar-refractivity contribution >= 4 is 38.9 Å². The van der Waals surface area contributed by atoms with E-state index in [4.69, 9.17) is 4.98 Å². The van der Waals surface area contributed by atoms with Gasteiger partial charge in [0, 0.05) is 61.7 Å². The van der Waals surface area contributed by atoms with Gasteiger partial charge < -0.3 is 15.1 Å². The number of carbonyl (C=O) groups excluding carboxylic acids is 1. The van der Waals surface area contributed by atoms with Gasteiger partial charge >= 0.3 is 0 Å². The predicted octanol–water partition coefficient (Wildman–Crippen LogP) is 3.98. The molecule has 9 nitrogen and oxygen atoms in total. The van der Waals surface area contributed by atoms with Crippen LogP contribution in [0.15, 0.2) is 59.6 Å². The highest BCUT2D eigenvalue weighted by atomic mass is 32.2. The molecular weight excluding hydrogens is 500 g/mol. The molecule has 0 amide bonds. The van der Waals surface area contributed by atoms with Crippen molar-refractivity contribution in [2.75, 3.05) is 43.4 Å². The van der Waals surface area contributed by atoms with Crippen LogP contribution in [0.2, 0.25) is 0 Å². The quantitative estimate of drug-likeness (QED) is 0.527. The maximum atomic E-state index is 13.1. The molecule has 0 bridgehead atoms. The fraction of sp³-hybridized carbons (Fsp3) is 0.393. The van der Waals surface area contributed by atoms with Crippen molar-refractivity contribution in [1.29, 1.82) is 0 Å². The fourth-order valence-electron chi connectivity index (χ4n) is 5.64. The molecule has 38 heavy (non-hydrogen) atoms. The van der Waals surface area contributed by atoms with Crippen molar-refractivity contribution in [2.24, 2.45) is 0 Å². The molecule has 6 rings (SSSR count). The summed E-state index contributed by atoms with van der Waals surface area (Å²) in [5.41, 5.74) is 3.15. The van der Waals surface area contributed by atoms with Crippen LogP contribution in [0, 0.1) is 0 Å². The summed E-state index contributed by atoms with van der Waals surface area (Å²) in [5.74, 6) is 1.25. The van der Waals surface area contributed by atoms with Gasteiger partial charge in [-0.25, -0.2) is 13.4 Å². The SMILES string of the molecule is CN1CCN(S(=O)(=O)c2ccc(Nc3ncc4c(n3)N(C3CCCC3)c3ccccc3C(=O)C4)cc2)CC1. The Morgan fingerprint density at radius 3 is 2.39 bits per heavy atom. The number of anilines is 4. The summed E-state index contributed by atoms with van der Waals surface area (Å²) in [6, 6.07) is 14.8. The van der Waals surface area contributed by atoms with E-state index in [1.54, 1.807) is 34.8 Å². The van der Waals surface area contributed by atoms with E-state index in [9.17, 15) is 13.2 Å². The van der Waals surface area contributed by atoms with Crippen LogP contribution in [0.25, 0.3) is 0 Å². The van der Waals surface area contributed by atoms with Crippen LogP contribution in [0.5, 0.6) is 0 Å².